The number of benzene rings is 1. The number of hydrogen-bond acceptors (Lipinski definition) is 4. The summed E-state index contributed by atoms with van der Waals surface area (Å²) < 4.78 is 15.8. The number of carbonyl (C=O) groups excluding carboxylic acids is 1. The number of aryl methyl sites for hydroxylation is 1. The number of nitrogens with zero attached hydrogens (tertiary/aromatic N) is 3. The molecule has 27 heavy (non-hydrogen) atoms. The minimum absolute atomic E-state index is 0.125. The molecule has 0 saturated heterocycles. The number of carbonyl (C=O) groups is 1. The lowest BCUT2D eigenvalue weighted by molar-refractivity contribution is -0.116. The minimum atomic E-state index is -0.935. The van der Waals surface area contributed by atoms with Crippen LogP contribution in [0.4, 0.5) is 10.1 Å². The Hall–Kier alpha value is -3.49. The van der Waals surface area contributed by atoms with Gasteiger partial charge in [0, 0.05) is 5.69 Å². The van der Waals surface area contributed by atoms with Gasteiger partial charge in [0.25, 0.3) is 0 Å². The third kappa shape index (κ3) is 4.20. The second-order valence-electron chi connectivity index (χ2n) is 5.74. The van der Waals surface area contributed by atoms with Crippen molar-refractivity contribution in [2.45, 2.75) is 26.6 Å². The van der Waals surface area contributed by atoms with Crippen molar-refractivity contribution in [3.63, 3.8) is 0 Å². The van der Waals surface area contributed by atoms with E-state index in [4.69, 9.17) is 0 Å². The lowest BCUT2D eigenvalue weighted by Gasteiger charge is -2.12. The molecule has 0 unspecified atom stereocenters. The molecule has 0 radical (unpaired) electrons. The number of hydrogen-bond donors (Lipinski definition) is 1. The zero-order valence-corrected chi connectivity index (χ0v) is 14.8. The van der Waals surface area contributed by atoms with E-state index < -0.39 is 35.3 Å². The third-order valence-corrected chi connectivity index (χ3v) is 3.77. The van der Waals surface area contributed by atoms with Crippen LogP contribution in [0.2, 0.25) is 0 Å². The zero-order valence-electron chi connectivity index (χ0n) is 14.8. The van der Waals surface area contributed by atoms with E-state index in [0.29, 0.717) is 10.1 Å². The largest absolute Gasteiger partial charge is 0.337 e. The molecule has 9 heteroatoms. The fraction of sp³-hybridized carbons (Fsp3) is 0.222. The Morgan fingerprint density at radius 2 is 1.56 bits per heavy atom. The molecule has 1 heterocycles. The number of rotatable bonds is 7. The second-order valence-corrected chi connectivity index (χ2v) is 5.74. The van der Waals surface area contributed by atoms with E-state index >= 15 is 0 Å². The lowest BCUT2D eigenvalue weighted by atomic mass is 10.2. The molecule has 1 amide bonds. The van der Waals surface area contributed by atoms with Crippen LogP contribution in [0.5, 0.6) is 0 Å². The summed E-state index contributed by atoms with van der Waals surface area (Å²) in [6.45, 7) is 7.62. The first-order valence-corrected chi connectivity index (χ1v) is 8.02. The van der Waals surface area contributed by atoms with Gasteiger partial charge in [0.1, 0.15) is 12.4 Å². The van der Waals surface area contributed by atoms with Crippen molar-refractivity contribution in [2.24, 2.45) is 0 Å². The molecule has 8 nitrogen and oxygen atoms in total. The molecule has 0 saturated carbocycles. The molecule has 0 aliphatic heterocycles. The quantitative estimate of drug-likeness (QED) is 0.719. The maximum Gasteiger partial charge on any atom is 0.337 e. The molecule has 2 aromatic rings. The molecular weight excluding hydrogens is 355 g/mol. The Morgan fingerprint density at radius 3 is 2.04 bits per heavy atom. The van der Waals surface area contributed by atoms with E-state index in [0.717, 1.165) is 15.2 Å². The summed E-state index contributed by atoms with van der Waals surface area (Å²) in [6, 6.07) is 4.11. The van der Waals surface area contributed by atoms with Crippen LogP contribution < -0.4 is 22.4 Å². The van der Waals surface area contributed by atoms with E-state index in [9.17, 15) is 23.6 Å². The van der Waals surface area contributed by atoms with E-state index in [1.54, 1.807) is 6.92 Å². The van der Waals surface area contributed by atoms with E-state index in [-0.39, 0.29) is 18.8 Å². The topological polar surface area (TPSA) is 95.1 Å². The first-order valence-electron chi connectivity index (χ1n) is 8.02. The number of aromatic nitrogens is 3. The van der Waals surface area contributed by atoms with Crippen LogP contribution in [-0.2, 0) is 24.4 Å². The van der Waals surface area contributed by atoms with Crippen LogP contribution in [0.25, 0.3) is 0 Å². The van der Waals surface area contributed by atoms with Crippen molar-refractivity contribution >= 4 is 11.6 Å². The summed E-state index contributed by atoms with van der Waals surface area (Å²) in [5.74, 6) is -1.22. The highest BCUT2D eigenvalue weighted by Crippen LogP contribution is 2.13. The van der Waals surface area contributed by atoms with Crippen molar-refractivity contribution in [1.82, 2.24) is 13.7 Å². The molecule has 0 atom stereocenters. The van der Waals surface area contributed by atoms with Crippen LogP contribution in [0.1, 0.15) is 5.56 Å². The Bertz CT molecular complexity index is 1030. The minimum Gasteiger partial charge on any atom is -0.324 e. The standard InChI is InChI=1S/C18H19FN4O4/c1-4-8-21-16(25)22(9-5-2)18(27)23(17(21)26)11-15(24)20-13-7-6-12(3)14(19)10-13/h4-7,10H,1-2,8-9,11H2,3H3,(H,20,24). The number of allylic oxidation sites excluding steroid dienone is 2. The Labute approximate surface area is 153 Å². The molecule has 142 valence electrons. The fourth-order valence-electron chi connectivity index (χ4n) is 2.40. The number of amides is 1. The fourth-order valence-corrected chi connectivity index (χ4v) is 2.40. The lowest BCUT2D eigenvalue weighted by Crippen LogP contribution is -2.55. The molecule has 1 aromatic heterocycles. The average molecular weight is 374 g/mol. The van der Waals surface area contributed by atoms with Gasteiger partial charge in [-0.3, -0.25) is 4.79 Å². The highest BCUT2D eigenvalue weighted by Gasteiger charge is 2.16. The van der Waals surface area contributed by atoms with Gasteiger partial charge in [-0.15, -0.1) is 13.2 Å². The number of nitrogens with one attached hydrogen (secondary N) is 1. The molecule has 0 aliphatic rings. The maximum atomic E-state index is 13.6. The van der Waals surface area contributed by atoms with Crippen molar-refractivity contribution in [1.29, 1.82) is 0 Å². The number of anilines is 1. The monoisotopic (exact) mass is 374 g/mol. The van der Waals surface area contributed by atoms with Crippen LogP contribution in [0.3, 0.4) is 0 Å². The van der Waals surface area contributed by atoms with Gasteiger partial charge in [-0.2, -0.15) is 0 Å². The van der Waals surface area contributed by atoms with E-state index in [1.807, 2.05) is 0 Å². The highest BCUT2D eigenvalue weighted by molar-refractivity contribution is 5.90. The summed E-state index contributed by atoms with van der Waals surface area (Å²) in [4.78, 5) is 49.4. The number of halogens is 1. The average Bonchev–Trinajstić information content (AvgIpc) is 2.62. The van der Waals surface area contributed by atoms with Gasteiger partial charge in [-0.05, 0) is 24.6 Å². The van der Waals surface area contributed by atoms with Gasteiger partial charge in [-0.25, -0.2) is 32.5 Å². The highest BCUT2D eigenvalue weighted by atomic mass is 19.1. The van der Waals surface area contributed by atoms with Gasteiger partial charge in [0.2, 0.25) is 5.91 Å². The zero-order chi connectivity index (χ0) is 20.1. The van der Waals surface area contributed by atoms with Gasteiger partial charge < -0.3 is 5.32 Å². The van der Waals surface area contributed by atoms with Gasteiger partial charge in [0.15, 0.2) is 0 Å². The molecule has 0 spiro atoms. The van der Waals surface area contributed by atoms with Crippen molar-refractivity contribution < 1.29 is 9.18 Å². The molecule has 1 aromatic carbocycles. The molecule has 0 bridgehead atoms. The predicted molar refractivity (Wildman–Crippen MR) is 99.4 cm³/mol. The predicted octanol–water partition coefficient (Wildman–Crippen LogP) is 0.630. The molecule has 1 N–H and O–H groups in total. The Morgan fingerprint density at radius 1 is 1.04 bits per heavy atom. The van der Waals surface area contributed by atoms with Gasteiger partial charge >= 0.3 is 17.1 Å². The smallest absolute Gasteiger partial charge is 0.324 e. The molecule has 0 aliphatic carbocycles. The van der Waals surface area contributed by atoms with Crippen molar-refractivity contribution in [3.8, 4) is 0 Å². The summed E-state index contributed by atoms with van der Waals surface area (Å²) in [6.07, 6.45) is 2.65. The Kier molecular flexibility index (Phi) is 6.07. The maximum absolute atomic E-state index is 13.6. The first kappa shape index (κ1) is 19.8. The molecule has 2 rings (SSSR count). The van der Waals surface area contributed by atoms with Crippen LogP contribution in [0.15, 0.2) is 57.9 Å². The van der Waals surface area contributed by atoms with Gasteiger partial charge in [-0.1, -0.05) is 18.2 Å². The SMILES string of the molecule is C=CCn1c(=O)n(CC=C)c(=O)n(CC(=O)Nc2ccc(C)c(F)c2)c1=O. The first-order chi connectivity index (χ1) is 12.8. The molecule has 0 fully saturated rings. The van der Waals surface area contributed by atoms with Gasteiger partial charge in [0.05, 0.1) is 13.1 Å². The normalized spacial score (nSPS) is 10.4. The van der Waals surface area contributed by atoms with Crippen molar-refractivity contribution in [3.05, 3.63) is 86.3 Å². The van der Waals surface area contributed by atoms with E-state index in [2.05, 4.69) is 18.5 Å². The second kappa shape index (κ2) is 8.26. The summed E-state index contributed by atoms with van der Waals surface area (Å²) in [5.41, 5.74) is -2.09. The summed E-state index contributed by atoms with van der Waals surface area (Å²) >= 11 is 0. The summed E-state index contributed by atoms with van der Waals surface area (Å²) in [7, 11) is 0. The van der Waals surface area contributed by atoms with E-state index in [1.165, 1.54) is 24.3 Å². The Balaban J connectivity index is 2.43. The van der Waals surface area contributed by atoms with Crippen LogP contribution in [-0.4, -0.2) is 19.6 Å². The summed E-state index contributed by atoms with van der Waals surface area (Å²) in [5, 5.41) is 2.42. The van der Waals surface area contributed by atoms with Crippen molar-refractivity contribution in [2.75, 3.05) is 5.32 Å². The third-order valence-electron chi connectivity index (χ3n) is 3.77. The van der Waals surface area contributed by atoms with Crippen LogP contribution in [0, 0.1) is 12.7 Å². The van der Waals surface area contributed by atoms with Crippen LogP contribution >= 0.6 is 0 Å². The molecular formula is C18H19FN4O4.